The molecule has 0 aromatic rings. The van der Waals surface area contributed by atoms with E-state index in [-0.39, 0.29) is 13.0 Å². The topological polar surface area (TPSA) is 26.3 Å². The average Bonchev–Trinajstić information content (AvgIpc) is 2.12. The van der Waals surface area contributed by atoms with Crippen LogP contribution in [0, 0.1) is 11.8 Å². The standard InChI is InChI=1S/C11H15FO2/c1-2-14-10(13)11(12)8-6-4-3-5-7-9-11/h2-6,8H2,1H3. The zero-order valence-electron chi connectivity index (χ0n) is 8.44. The minimum atomic E-state index is -2.06. The molecule has 0 saturated heterocycles. The molecule has 0 fully saturated rings. The van der Waals surface area contributed by atoms with Crippen molar-refractivity contribution < 1.29 is 13.9 Å². The summed E-state index contributed by atoms with van der Waals surface area (Å²) >= 11 is 0. The van der Waals surface area contributed by atoms with Gasteiger partial charge in [-0.1, -0.05) is 18.3 Å². The Morgan fingerprint density at radius 1 is 1.50 bits per heavy atom. The second-order valence-corrected chi connectivity index (χ2v) is 3.38. The highest BCUT2D eigenvalue weighted by Gasteiger charge is 2.38. The van der Waals surface area contributed by atoms with E-state index in [1.54, 1.807) is 6.92 Å². The van der Waals surface area contributed by atoms with Crippen molar-refractivity contribution in [3.63, 3.8) is 0 Å². The van der Waals surface area contributed by atoms with Crippen molar-refractivity contribution in [2.45, 2.75) is 44.7 Å². The Morgan fingerprint density at radius 3 is 3.00 bits per heavy atom. The number of ether oxygens (including phenoxy) is 1. The Labute approximate surface area is 83.8 Å². The lowest BCUT2D eigenvalue weighted by Gasteiger charge is -2.18. The average molecular weight is 198 g/mol. The van der Waals surface area contributed by atoms with E-state index in [1.165, 1.54) is 0 Å². The predicted molar refractivity (Wildman–Crippen MR) is 51.3 cm³/mol. The fourth-order valence-corrected chi connectivity index (χ4v) is 1.42. The van der Waals surface area contributed by atoms with Crippen molar-refractivity contribution >= 4 is 5.97 Å². The van der Waals surface area contributed by atoms with Gasteiger partial charge in [0.15, 0.2) is 0 Å². The third-order valence-electron chi connectivity index (χ3n) is 2.21. The summed E-state index contributed by atoms with van der Waals surface area (Å²) in [7, 11) is 0. The van der Waals surface area contributed by atoms with Gasteiger partial charge in [-0.2, -0.15) is 0 Å². The molecule has 0 N–H and O–H groups in total. The summed E-state index contributed by atoms with van der Waals surface area (Å²) in [6.45, 7) is 1.86. The molecule has 0 aromatic heterocycles. The van der Waals surface area contributed by atoms with Gasteiger partial charge in [0.2, 0.25) is 0 Å². The molecule has 1 rings (SSSR count). The predicted octanol–water partition coefficient (Wildman–Crippen LogP) is 2.23. The molecule has 1 aliphatic rings. The molecule has 0 radical (unpaired) electrons. The highest BCUT2D eigenvalue weighted by atomic mass is 19.1. The highest BCUT2D eigenvalue weighted by molar-refractivity contribution is 5.83. The lowest BCUT2D eigenvalue weighted by atomic mass is 9.96. The van der Waals surface area contributed by atoms with Gasteiger partial charge in [0.25, 0.3) is 5.67 Å². The molecule has 0 amide bonds. The first-order valence-corrected chi connectivity index (χ1v) is 5.05. The third kappa shape index (κ3) is 2.73. The quantitative estimate of drug-likeness (QED) is 0.502. The van der Waals surface area contributed by atoms with Crippen molar-refractivity contribution in [2.24, 2.45) is 0 Å². The molecule has 0 heterocycles. The van der Waals surface area contributed by atoms with Crippen molar-refractivity contribution in [2.75, 3.05) is 6.61 Å². The van der Waals surface area contributed by atoms with Gasteiger partial charge in [-0.05, 0) is 19.8 Å². The molecule has 0 aliphatic heterocycles. The number of carbonyl (C=O) groups excluding carboxylic acids is 1. The van der Waals surface area contributed by atoms with Crippen LogP contribution in [0.2, 0.25) is 0 Å². The van der Waals surface area contributed by atoms with Crippen LogP contribution in [0.1, 0.15) is 39.0 Å². The Morgan fingerprint density at radius 2 is 2.29 bits per heavy atom. The number of halogens is 1. The minimum absolute atomic E-state index is 0.166. The van der Waals surface area contributed by atoms with Crippen LogP contribution in [0.15, 0.2) is 0 Å². The normalized spacial score (nSPS) is 26.7. The molecule has 0 aromatic carbocycles. The minimum Gasteiger partial charge on any atom is -0.463 e. The van der Waals surface area contributed by atoms with Gasteiger partial charge >= 0.3 is 5.97 Å². The lowest BCUT2D eigenvalue weighted by molar-refractivity contribution is -0.153. The van der Waals surface area contributed by atoms with Crippen molar-refractivity contribution in [1.29, 1.82) is 0 Å². The maximum atomic E-state index is 13.9. The van der Waals surface area contributed by atoms with Crippen LogP contribution < -0.4 is 0 Å². The molecule has 1 atom stereocenters. The monoisotopic (exact) mass is 198 g/mol. The molecular weight excluding hydrogens is 183 g/mol. The van der Waals surface area contributed by atoms with Gasteiger partial charge in [0.1, 0.15) is 0 Å². The van der Waals surface area contributed by atoms with Crippen molar-refractivity contribution in [3.8, 4) is 11.8 Å². The Kier molecular flexibility index (Phi) is 3.94. The van der Waals surface area contributed by atoms with E-state index < -0.39 is 11.6 Å². The second-order valence-electron chi connectivity index (χ2n) is 3.38. The summed E-state index contributed by atoms with van der Waals surface area (Å²) in [4.78, 5) is 11.3. The van der Waals surface area contributed by atoms with E-state index >= 15 is 0 Å². The van der Waals surface area contributed by atoms with E-state index in [0.29, 0.717) is 12.8 Å². The SMILES string of the molecule is CCOC(=O)C1(F)C#CCCCCC1. The van der Waals surface area contributed by atoms with E-state index in [2.05, 4.69) is 16.6 Å². The first kappa shape index (κ1) is 11.0. The number of carbonyl (C=O) groups is 1. The molecule has 0 spiro atoms. The molecule has 78 valence electrons. The first-order chi connectivity index (χ1) is 6.69. The second kappa shape index (κ2) is 4.99. The number of hydrogen-bond donors (Lipinski definition) is 0. The van der Waals surface area contributed by atoms with Crippen molar-refractivity contribution in [1.82, 2.24) is 0 Å². The summed E-state index contributed by atoms with van der Waals surface area (Å²) in [5.74, 6) is 4.26. The summed E-state index contributed by atoms with van der Waals surface area (Å²) in [6.07, 6.45) is 3.46. The van der Waals surface area contributed by atoms with Gasteiger partial charge in [-0.25, -0.2) is 9.18 Å². The molecule has 0 saturated carbocycles. The Balaban J connectivity index is 2.72. The molecule has 14 heavy (non-hydrogen) atoms. The first-order valence-electron chi connectivity index (χ1n) is 5.05. The van der Waals surface area contributed by atoms with E-state index in [4.69, 9.17) is 0 Å². The van der Waals surface area contributed by atoms with Crippen LogP contribution in [0.25, 0.3) is 0 Å². The third-order valence-corrected chi connectivity index (χ3v) is 2.21. The Bertz CT molecular complexity index is 264. The van der Waals surface area contributed by atoms with E-state index in [1.807, 2.05) is 0 Å². The van der Waals surface area contributed by atoms with Crippen LogP contribution in [-0.2, 0) is 9.53 Å². The highest BCUT2D eigenvalue weighted by Crippen LogP contribution is 2.23. The zero-order valence-corrected chi connectivity index (χ0v) is 8.44. The maximum Gasteiger partial charge on any atom is 0.356 e. The number of alkyl halides is 1. The van der Waals surface area contributed by atoms with Gasteiger partial charge in [-0.3, -0.25) is 0 Å². The van der Waals surface area contributed by atoms with Crippen LogP contribution >= 0.6 is 0 Å². The van der Waals surface area contributed by atoms with Gasteiger partial charge in [0, 0.05) is 12.8 Å². The molecule has 3 heteroatoms. The summed E-state index contributed by atoms with van der Waals surface area (Å²) in [5.41, 5.74) is -2.06. The summed E-state index contributed by atoms with van der Waals surface area (Å²) in [5, 5.41) is 0. The van der Waals surface area contributed by atoms with Gasteiger partial charge < -0.3 is 4.74 Å². The molecule has 2 nitrogen and oxygen atoms in total. The molecule has 1 aliphatic carbocycles. The van der Waals surface area contributed by atoms with Crippen molar-refractivity contribution in [3.05, 3.63) is 0 Å². The smallest absolute Gasteiger partial charge is 0.356 e. The van der Waals surface area contributed by atoms with Crippen LogP contribution in [0.3, 0.4) is 0 Å². The zero-order chi connectivity index (χ0) is 10.4. The van der Waals surface area contributed by atoms with Gasteiger partial charge in [0.05, 0.1) is 6.61 Å². The van der Waals surface area contributed by atoms with Crippen LogP contribution in [0.5, 0.6) is 0 Å². The number of rotatable bonds is 2. The maximum absolute atomic E-state index is 13.9. The lowest BCUT2D eigenvalue weighted by Crippen LogP contribution is -2.34. The fraction of sp³-hybridized carbons (Fsp3) is 0.727. The summed E-state index contributed by atoms with van der Waals surface area (Å²) < 4.78 is 18.6. The fourth-order valence-electron chi connectivity index (χ4n) is 1.42. The largest absolute Gasteiger partial charge is 0.463 e. The van der Waals surface area contributed by atoms with E-state index in [0.717, 1.165) is 12.8 Å². The number of esters is 1. The molecular formula is C11H15FO2. The van der Waals surface area contributed by atoms with Gasteiger partial charge in [-0.15, -0.1) is 0 Å². The van der Waals surface area contributed by atoms with Crippen LogP contribution in [-0.4, -0.2) is 18.2 Å². The Hall–Kier alpha value is -1.04. The van der Waals surface area contributed by atoms with E-state index in [9.17, 15) is 9.18 Å². The molecule has 0 bridgehead atoms. The van der Waals surface area contributed by atoms with Crippen LogP contribution in [0.4, 0.5) is 4.39 Å². The summed E-state index contributed by atoms with van der Waals surface area (Å²) in [6, 6.07) is 0. The molecule has 1 unspecified atom stereocenters. The number of hydrogen-bond acceptors (Lipinski definition) is 2.